The van der Waals surface area contributed by atoms with E-state index in [1.807, 2.05) is 17.5 Å². The molecule has 0 saturated heterocycles. The average molecular weight is 515 g/mol. The quantitative estimate of drug-likeness (QED) is 0.287. The second-order valence-corrected chi connectivity index (χ2v) is 6.50. The summed E-state index contributed by atoms with van der Waals surface area (Å²) in [6, 6.07) is 8.48. The maximum Gasteiger partial charge on any atom is 0.416 e. The van der Waals surface area contributed by atoms with Gasteiger partial charge in [-0.25, -0.2) is 0 Å². The summed E-state index contributed by atoms with van der Waals surface area (Å²) in [5, 5.41) is 14.8. The fourth-order valence-electron chi connectivity index (χ4n) is 2.04. The Balaban J connectivity index is 0.00000364. The van der Waals surface area contributed by atoms with Gasteiger partial charge in [-0.1, -0.05) is 12.1 Å². The van der Waals surface area contributed by atoms with Gasteiger partial charge in [0.15, 0.2) is 5.96 Å². The second-order valence-electron chi connectivity index (χ2n) is 5.47. The Labute approximate surface area is 176 Å². The first-order valence-electron chi connectivity index (χ1n) is 7.89. The molecule has 0 bridgehead atoms. The lowest BCUT2D eigenvalue weighted by Crippen LogP contribution is -2.34. The number of nitrogens with two attached hydrogens (primary N) is 1. The zero-order valence-electron chi connectivity index (χ0n) is 14.3. The van der Waals surface area contributed by atoms with E-state index in [0.29, 0.717) is 6.54 Å². The van der Waals surface area contributed by atoms with Crippen LogP contribution in [0.15, 0.2) is 46.8 Å². The molecule has 1 heterocycles. The maximum absolute atomic E-state index is 12.6. The van der Waals surface area contributed by atoms with E-state index in [9.17, 15) is 18.3 Å². The Morgan fingerprint density at radius 3 is 2.74 bits per heavy atom. The summed E-state index contributed by atoms with van der Waals surface area (Å²) in [4.78, 5) is 5.21. The van der Waals surface area contributed by atoms with Gasteiger partial charge in [0.25, 0.3) is 0 Å². The maximum atomic E-state index is 12.6. The summed E-state index contributed by atoms with van der Waals surface area (Å²) in [6.07, 6.45) is -4.61. The van der Waals surface area contributed by atoms with E-state index < -0.39 is 17.8 Å². The molecule has 1 unspecified atom stereocenters. The van der Waals surface area contributed by atoms with Crippen molar-refractivity contribution in [2.24, 2.45) is 10.7 Å². The molecule has 5 nitrogen and oxygen atoms in total. The van der Waals surface area contributed by atoms with Gasteiger partial charge in [-0.3, -0.25) is 4.99 Å². The molecule has 0 spiro atoms. The molecule has 0 saturated carbocycles. The molecule has 1 atom stereocenters. The van der Waals surface area contributed by atoms with Crippen molar-refractivity contribution < 1.29 is 23.0 Å². The molecule has 1 aromatic carbocycles. The number of aliphatic hydroxyl groups is 1. The highest BCUT2D eigenvalue weighted by atomic mass is 127. The van der Waals surface area contributed by atoms with E-state index in [0.717, 1.165) is 18.6 Å². The van der Waals surface area contributed by atoms with Gasteiger partial charge < -0.3 is 20.9 Å². The fourth-order valence-corrected chi connectivity index (χ4v) is 2.74. The predicted molar refractivity (Wildman–Crippen MR) is 111 cm³/mol. The first-order valence-corrected chi connectivity index (χ1v) is 8.77. The van der Waals surface area contributed by atoms with Crippen LogP contribution in [0.1, 0.15) is 10.4 Å². The van der Waals surface area contributed by atoms with Crippen molar-refractivity contribution in [3.8, 4) is 5.75 Å². The minimum atomic E-state index is -4.44. The Morgan fingerprint density at radius 1 is 1.30 bits per heavy atom. The summed E-state index contributed by atoms with van der Waals surface area (Å²) >= 11 is 1.65. The topological polar surface area (TPSA) is 79.9 Å². The van der Waals surface area contributed by atoms with Crippen LogP contribution in [-0.2, 0) is 12.6 Å². The minimum Gasteiger partial charge on any atom is -0.491 e. The van der Waals surface area contributed by atoms with E-state index >= 15 is 0 Å². The van der Waals surface area contributed by atoms with Crippen LogP contribution < -0.4 is 15.8 Å². The number of ether oxygens (including phenoxy) is 1. The normalized spacial score (nSPS) is 13.0. The summed E-state index contributed by atoms with van der Waals surface area (Å²) in [7, 11) is 0. The van der Waals surface area contributed by atoms with Crippen molar-refractivity contribution in [1.29, 1.82) is 0 Å². The summed E-state index contributed by atoms with van der Waals surface area (Å²) in [6.45, 7) is 0.413. The number of thiophene rings is 1. The molecule has 150 valence electrons. The third-order valence-electron chi connectivity index (χ3n) is 3.33. The van der Waals surface area contributed by atoms with Crippen LogP contribution in [-0.4, -0.2) is 36.9 Å². The smallest absolute Gasteiger partial charge is 0.416 e. The van der Waals surface area contributed by atoms with E-state index in [-0.39, 0.29) is 48.8 Å². The van der Waals surface area contributed by atoms with Crippen molar-refractivity contribution in [2.45, 2.75) is 18.7 Å². The van der Waals surface area contributed by atoms with Gasteiger partial charge in [-0.2, -0.15) is 13.2 Å². The van der Waals surface area contributed by atoms with E-state index in [4.69, 9.17) is 10.5 Å². The number of aliphatic imine (C=N–C) groups is 1. The molecule has 10 heteroatoms. The molecule has 2 rings (SSSR count). The minimum absolute atomic E-state index is 0. The van der Waals surface area contributed by atoms with Gasteiger partial charge in [-0.15, -0.1) is 35.3 Å². The third-order valence-corrected chi connectivity index (χ3v) is 4.27. The zero-order chi connectivity index (χ0) is 19.0. The second kappa shape index (κ2) is 11.3. The first kappa shape index (κ1) is 23.5. The lowest BCUT2D eigenvalue weighted by molar-refractivity contribution is -0.137. The number of aliphatic hydroxyl groups excluding tert-OH is 1. The predicted octanol–water partition coefficient (Wildman–Crippen LogP) is 3.27. The van der Waals surface area contributed by atoms with E-state index in [2.05, 4.69) is 10.3 Å². The van der Waals surface area contributed by atoms with Crippen LogP contribution in [0.25, 0.3) is 0 Å². The number of guanidine groups is 1. The fraction of sp³-hybridized carbons (Fsp3) is 0.353. The number of nitrogens with zero attached hydrogens (tertiary/aromatic N) is 1. The molecule has 0 aliphatic carbocycles. The Bertz CT molecular complexity index is 712. The lowest BCUT2D eigenvalue weighted by atomic mass is 10.2. The standard InChI is InChI=1S/C17H20F3N3O2S.HI/c18-17(19,20)12-3-1-4-14(9-12)25-11-13(24)10-23-16(21)22-7-6-15-5-2-8-26-15;/h1-5,8-9,13,24H,6-7,10-11H2,(H3,21,22,23);1H. The van der Waals surface area contributed by atoms with Gasteiger partial charge in [0.1, 0.15) is 18.5 Å². The molecule has 27 heavy (non-hydrogen) atoms. The number of hydrogen-bond donors (Lipinski definition) is 3. The van der Waals surface area contributed by atoms with Crippen molar-refractivity contribution in [3.63, 3.8) is 0 Å². The summed E-state index contributed by atoms with van der Waals surface area (Å²) in [5.41, 5.74) is 4.90. The number of alkyl halides is 3. The Hall–Kier alpha value is -1.53. The Kier molecular flexibility index (Phi) is 9.88. The van der Waals surface area contributed by atoms with E-state index in [1.54, 1.807) is 11.3 Å². The van der Waals surface area contributed by atoms with Crippen molar-refractivity contribution >= 4 is 41.3 Å². The van der Waals surface area contributed by atoms with Gasteiger partial charge in [0.05, 0.1) is 12.1 Å². The van der Waals surface area contributed by atoms with Crippen LogP contribution in [0.2, 0.25) is 0 Å². The van der Waals surface area contributed by atoms with Crippen molar-refractivity contribution in [2.75, 3.05) is 19.7 Å². The molecular formula is C17H21F3IN3O2S. The summed E-state index contributed by atoms with van der Waals surface area (Å²) in [5.74, 6) is 0.226. The summed E-state index contributed by atoms with van der Waals surface area (Å²) < 4.78 is 43.1. The Morgan fingerprint density at radius 2 is 2.07 bits per heavy atom. The monoisotopic (exact) mass is 515 g/mol. The number of halogens is 4. The zero-order valence-corrected chi connectivity index (χ0v) is 17.4. The van der Waals surface area contributed by atoms with Crippen molar-refractivity contribution in [1.82, 2.24) is 5.32 Å². The van der Waals surface area contributed by atoms with Crippen LogP contribution >= 0.6 is 35.3 Å². The molecular weight excluding hydrogens is 494 g/mol. The third kappa shape index (κ3) is 8.80. The van der Waals surface area contributed by atoms with Crippen LogP contribution in [0.4, 0.5) is 13.2 Å². The van der Waals surface area contributed by atoms with Gasteiger partial charge >= 0.3 is 6.18 Å². The number of nitrogens with one attached hydrogen (secondary N) is 1. The largest absolute Gasteiger partial charge is 0.491 e. The number of benzene rings is 1. The van der Waals surface area contributed by atoms with Gasteiger partial charge in [0, 0.05) is 11.4 Å². The first-order chi connectivity index (χ1) is 12.3. The highest BCUT2D eigenvalue weighted by molar-refractivity contribution is 14.0. The highest BCUT2D eigenvalue weighted by Gasteiger charge is 2.30. The lowest BCUT2D eigenvalue weighted by Gasteiger charge is -2.13. The average Bonchev–Trinajstić information content (AvgIpc) is 3.11. The molecule has 2 aromatic rings. The SMILES string of the molecule is I.NC(=NCC(O)COc1cccc(C(F)(F)F)c1)NCCc1cccs1. The van der Waals surface area contributed by atoms with E-state index in [1.165, 1.54) is 17.0 Å². The van der Waals surface area contributed by atoms with Gasteiger partial charge in [0.2, 0.25) is 0 Å². The molecule has 1 aromatic heterocycles. The molecule has 0 fully saturated rings. The molecule has 4 N–H and O–H groups in total. The molecule has 0 aliphatic rings. The van der Waals surface area contributed by atoms with Crippen molar-refractivity contribution in [3.05, 3.63) is 52.2 Å². The number of hydrogen-bond acceptors (Lipinski definition) is 4. The highest BCUT2D eigenvalue weighted by Crippen LogP contribution is 2.31. The molecule has 0 amide bonds. The number of rotatable bonds is 8. The van der Waals surface area contributed by atoms with Crippen LogP contribution in [0.3, 0.4) is 0 Å². The van der Waals surface area contributed by atoms with Gasteiger partial charge in [-0.05, 0) is 36.1 Å². The van der Waals surface area contributed by atoms with Crippen LogP contribution in [0, 0.1) is 0 Å². The molecule has 0 aliphatic heterocycles. The van der Waals surface area contributed by atoms with Crippen LogP contribution in [0.5, 0.6) is 5.75 Å². The molecule has 0 radical (unpaired) electrons.